The smallest absolute Gasteiger partial charge is 0.252 e. The van der Waals surface area contributed by atoms with Gasteiger partial charge in [0.15, 0.2) is 0 Å². The number of rotatable bonds is 6. The summed E-state index contributed by atoms with van der Waals surface area (Å²) in [6, 6.07) is 23.2. The molecule has 3 rings (SSSR count). The molecule has 144 valence electrons. The molecule has 0 heterocycles. The Bertz CT molecular complexity index is 1080. The van der Waals surface area contributed by atoms with Gasteiger partial charge in [-0.25, -0.2) is 13.1 Å². The maximum absolute atomic E-state index is 13.0. The largest absolute Gasteiger partial charge is 0.341 e. The molecule has 0 aliphatic carbocycles. The van der Waals surface area contributed by atoms with Crippen molar-refractivity contribution in [3.63, 3.8) is 0 Å². The normalized spacial score (nSPS) is 12.4. The van der Waals surface area contributed by atoms with Crippen LogP contribution in [0.3, 0.4) is 0 Å². The predicted molar refractivity (Wildman–Crippen MR) is 110 cm³/mol. The lowest BCUT2D eigenvalue weighted by atomic mass is 9.94. The van der Waals surface area contributed by atoms with E-state index in [9.17, 15) is 13.2 Å². The van der Waals surface area contributed by atoms with Crippen LogP contribution in [0, 0.1) is 6.92 Å². The van der Waals surface area contributed by atoms with Gasteiger partial charge in [-0.05, 0) is 48.9 Å². The highest BCUT2D eigenvalue weighted by atomic mass is 32.2. The van der Waals surface area contributed by atoms with Crippen LogP contribution in [0.4, 0.5) is 0 Å². The first-order valence-electron chi connectivity index (χ1n) is 8.87. The zero-order valence-corrected chi connectivity index (χ0v) is 16.5. The summed E-state index contributed by atoms with van der Waals surface area (Å²) in [5, 5.41) is 3.05. The number of hydrogen-bond acceptors (Lipinski definition) is 3. The molecule has 2 N–H and O–H groups in total. The lowest BCUT2D eigenvalue weighted by Gasteiger charge is -2.22. The molecule has 0 aliphatic rings. The molecule has 1 atom stereocenters. The molecular formula is C22H22N2O3S. The van der Waals surface area contributed by atoms with Crippen molar-refractivity contribution in [3.05, 3.63) is 101 Å². The summed E-state index contributed by atoms with van der Waals surface area (Å²) >= 11 is 0. The van der Waals surface area contributed by atoms with E-state index in [1.54, 1.807) is 12.1 Å². The molecule has 3 aromatic carbocycles. The highest BCUT2D eigenvalue weighted by Crippen LogP contribution is 2.25. The summed E-state index contributed by atoms with van der Waals surface area (Å²) in [5.41, 5.74) is 3.28. The second-order valence-corrected chi connectivity index (χ2v) is 8.30. The van der Waals surface area contributed by atoms with Gasteiger partial charge in [0.1, 0.15) is 0 Å². The van der Waals surface area contributed by atoms with Gasteiger partial charge >= 0.3 is 0 Å². The molecule has 0 aliphatic heterocycles. The maximum Gasteiger partial charge on any atom is 0.252 e. The van der Waals surface area contributed by atoms with Crippen molar-refractivity contribution in [1.82, 2.24) is 10.0 Å². The Labute approximate surface area is 165 Å². The minimum Gasteiger partial charge on any atom is -0.341 e. The van der Waals surface area contributed by atoms with E-state index in [2.05, 4.69) is 10.0 Å². The fourth-order valence-electron chi connectivity index (χ4n) is 3.03. The van der Waals surface area contributed by atoms with Crippen LogP contribution in [0.25, 0.3) is 0 Å². The fraction of sp³-hybridized carbons (Fsp3) is 0.136. The number of benzene rings is 3. The van der Waals surface area contributed by atoms with Crippen LogP contribution in [-0.2, 0) is 10.0 Å². The van der Waals surface area contributed by atoms with Crippen LogP contribution >= 0.6 is 0 Å². The van der Waals surface area contributed by atoms with Gasteiger partial charge in [0.05, 0.1) is 10.9 Å². The van der Waals surface area contributed by atoms with Crippen molar-refractivity contribution in [2.24, 2.45) is 0 Å². The quantitative estimate of drug-likeness (QED) is 0.673. The Hall–Kier alpha value is -2.96. The third-order valence-corrected chi connectivity index (χ3v) is 6.00. The Morgan fingerprint density at radius 3 is 2.25 bits per heavy atom. The van der Waals surface area contributed by atoms with Crippen molar-refractivity contribution in [2.45, 2.75) is 17.9 Å². The molecule has 28 heavy (non-hydrogen) atoms. The van der Waals surface area contributed by atoms with Crippen LogP contribution in [0.15, 0.2) is 83.8 Å². The number of carbonyl (C=O) groups excluding carboxylic acids is 1. The summed E-state index contributed by atoms with van der Waals surface area (Å²) in [6.45, 7) is 2.00. The third-order valence-electron chi connectivity index (χ3n) is 4.58. The molecule has 0 saturated heterocycles. The van der Waals surface area contributed by atoms with E-state index in [1.165, 1.54) is 19.2 Å². The lowest BCUT2D eigenvalue weighted by Crippen LogP contribution is -2.30. The summed E-state index contributed by atoms with van der Waals surface area (Å²) in [5.74, 6) is -0.342. The molecule has 6 heteroatoms. The topological polar surface area (TPSA) is 75.3 Å². The van der Waals surface area contributed by atoms with Gasteiger partial charge in [0.25, 0.3) is 5.91 Å². The van der Waals surface area contributed by atoms with Crippen molar-refractivity contribution in [2.75, 3.05) is 7.05 Å². The SMILES string of the molecule is CNS(=O)(=O)c1cccc(C(=O)N[C@@H](c2ccccc2)c2ccccc2C)c1. The Kier molecular flexibility index (Phi) is 5.92. The molecule has 0 bridgehead atoms. The average molecular weight is 394 g/mol. The monoisotopic (exact) mass is 394 g/mol. The molecule has 0 spiro atoms. The molecule has 0 radical (unpaired) electrons. The highest BCUT2D eigenvalue weighted by molar-refractivity contribution is 7.89. The highest BCUT2D eigenvalue weighted by Gasteiger charge is 2.20. The first-order chi connectivity index (χ1) is 13.4. The van der Waals surface area contributed by atoms with E-state index >= 15 is 0 Å². The van der Waals surface area contributed by atoms with Gasteiger partial charge in [0, 0.05) is 5.56 Å². The van der Waals surface area contributed by atoms with E-state index in [-0.39, 0.29) is 22.4 Å². The van der Waals surface area contributed by atoms with Crippen LogP contribution in [-0.4, -0.2) is 21.4 Å². The summed E-state index contributed by atoms with van der Waals surface area (Å²) in [4.78, 5) is 13.0. The van der Waals surface area contributed by atoms with E-state index in [1.807, 2.05) is 61.5 Å². The predicted octanol–water partition coefficient (Wildman–Crippen LogP) is 3.42. The van der Waals surface area contributed by atoms with E-state index in [0.717, 1.165) is 16.7 Å². The standard InChI is InChI=1S/C22H22N2O3S/c1-16-9-6-7-14-20(16)21(17-10-4-3-5-11-17)24-22(25)18-12-8-13-19(15-18)28(26,27)23-2/h3-15,21,23H,1-2H3,(H,24,25)/t21-/m0/s1. The zero-order chi connectivity index (χ0) is 20.1. The number of nitrogens with one attached hydrogen (secondary N) is 2. The van der Waals surface area contributed by atoms with Crippen LogP contribution in [0.2, 0.25) is 0 Å². The Morgan fingerprint density at radius 2 is 1.57 bits per heavy atom. The van der Waals surface area contributed by atoms with Crippen molar-refractivity contribution in [1.29, 1.82) is 0 Å². The Morgan fingerprint density at radius 1 is 0.893 bits per heavy atom. The van der Waals surface area contributed by atoms with Gasteiger partial charge in [-0.3, -0.25) is 4.79 Å². The third kappa shape index (κ3) is 4.30. The minimum absolute atomic E-state index is 0.0507. The van der Waals surface area contributed by atoms with Gasteiger partial charge in [0.2, 0.25) is 10.0 Å². The van der Waals surface area contributed by atoms with E-state index in [0.29, 0.717) is 0 Å². The number of aryl methyl sites for hydroxylation is 1. The van der Waals surface area contributed by atoms with Crippen LogP contribution < -0.4 is 10.0 Å². The van der Waals surface area contributed by atoms with E-state index < -0.39 is 10.0 Å². The van der Waals surface area contributed by atoms with Gasteiger partial charge in [-0.2, -0.15) is 0 Å². The molecule has 0 aromatic heterocycles. The summed E-state index contributed by atoms with van der Waals surface area (Å²) < 4.78 is 26.3. The second-order valence-electron chi connectivity index (χ2n) is 6.41. The van der Waals surface area contributed by atoms with Gasteiger partial charge < -0.3 is 5.32 Å². The molecule has 0 saturated carbocycles. The first kappa shape index (κ1) is 19.8. The van der Waals surface area contributed by atoms with Crippen molar-refractivity contribution < 1.29 is 13.2 Å². The van der Waals surface area contributed by atoms with Crippen LogP contribution in [0.5, 0.6) is 0 Å². The fourth-order valence-corrected chi connectivity index (χ4v) is 3.81. The van der Waals surface area contributed by atoms with Crippen molar-refractivity contribution in [3.8, 4) is 0 Å². The molecule has 3 aromatic rings. The van der Waals surface area contributed by atoms with Crippen molar-refractivity contribution >= 4 is 15.9 Å². The number of amides is 1. The molecule has 0 unspecified atom stereocenters. The number of sulfonamides is 1. The second kappa shape index (κ2) is 8.37. The zero-order valence-electron chi connectivity index (χ0n) is 15.7. The molecule has 1 amide bonds. The maximum atomic E-state index is 13.0. The number of carbonyl (C=O) groups is 1. The number of hydrogen-bond donors (Lipinski definition) is 2. The van der Waals surface area contributed by atoms with Gasteiger partial charge in [-0.1, -0.05) is 60.7 Å². The minimum atomic E-state index is -3.62. The summed E-state index contributed by atoms with van der Waals surface area (Å²) in [7, 11) is -2.28. The summed E-state index contributed by atoms with van der Waals surface area (Å²) in [6.07, 6.45) is 0. The molecule has 0 fully saturated rings. The van der Waals surface area contributed by atoms with Gasteiger partial charge in [-0.15, -0.1) is 0 Å². The lowest BCUT2D eigenvalue weighted by molar-refractivity contribution is 0.0942. The van der Waals surface area contributed by atoms with E-state index in [4.69, 9.17) is 0 Å². The average Bonchev–Trinajstić information content (AvgIpc) is 2.73. The first-order valence-corrected chi connectivity index (χ1v) is 10.4. The van der Waals surface area contributed by atoms with Crippen LogP contribution in [0.1, 0.15) is 33.1 Å². The Balaban J connectivity index is 1.97. The molecule has 5 nitrogen and oxygen atoms in total. The molecular weight excluding hydrogens is 372 g/mol.